The molecule has 0 atom stereocenters. The highest BCUT2D eigenvalue weighted by Gasteiger charge is 2.24. The molecule has 0 saturated carbocycles. The highest BCUT2D eigenvalue weighted by molar-refractivity contribution is 7.86. The summed E-state index contributed by atoms with van der Waals surface area (Å²) >= 11 is 0. The van der Waals surface area contributed by atoms with Gasteiger partial charge < -0.3 is 0 Å². The third-order valence-electron chi connectivity index (χ3n) is 4.01. The highest BCUT2D eigenvalue weighted by Crippen LogP contribution is 2.28. The first-order valence-corrected chi connectivity index (χ1v) is 10.7. The Labute approximate surface area is 141 Å². The highest BCUT2D eigenvalue weighted by atomic mass is 32.2. The molecule has 0 amide bonds. The zero-order chi connectivity index (χ0) is 17.1. The molecule has 1 N–H and O–H groups in total. The maximum atomic E-state index is 11.7. The van der Waals surface area contributed by atoms with E-state index in [-0.39, 0.29) is 9.93 Å². The van der Waals surface area contributed by atoms with Crippen molar-refractivity contribution in [3.63, 3.8) is 0 Å². The first-order valence-electron chi connectivity index (χ1n) is 7.84. The van der Waals surface area contributed by atoms with Gasteiger partial charge >= 0.3 is 0 Å². The van der Waals surface area contributed by atoms with Crippen molar-refractivity contribution in [1.82, 2.24) is 0 Å². The van der Waals surface area contributed by atoms with Gasteiger partial charge in [-0.25, -0.2) is 0 Å². The van der Waals surface area contributed by atoms with Crippen LogP contribution in [-0.2, 0) is 23.0 Å². The average Bonchev–Trinajstić information content (AvgIpc) is 2.46. The quantitative estimate of drug-likeness (QED) is 0.645. The number of hydrogen-bond acceptors (Lipinski definition) is 2. The van der Waals surface area contributed by atoms with Crippen molar-refractivity contribution in [2.45, 2.75) is 43.5 Å². The lowest BCUT2D eigenvalue weighted by molar-refractivity contribution is 0.484. The lowest BCUT2D eigenvalue weighted by Crippen LogP contribution is -2.31. The smallest absolute Gasteiger partial charge is 0.282 e. The molecule has 0 radical (unpaired) electrons. The summed E-state index contributed by atoms with van der Waals surface area (Å²) in [6.45, 7) is 6.40. The third kappa shape index (κ3) is 5.02. The number of benzene rings is 2. The average molecular weight is 349 g/mol. The summed E-state index contributed by atoms with van der Waals surface area (Å²) in [6.07, 6.45) is 1.76. The van der Waals surface area contributed by atoms with Crippen LogP contribution in [0.2, 0.25) is 5.04 Å². The van der Waals surface area contributed by atoms with Crippen LogP contribution in [0.25, 0.3) is 0 Å². The van der Waals surface area contributed by atoms with Gasteiger partial charge in [0.15, 0.2) is 0 Å². The maximum absolute atomic E-state index is 11.7. The summed E-state index contributed by atoms with van der Waals surface area (Å²) in [5.41, 5.74) is 2.36. The van der Waals surface area contributed by atoms with Gasteiger partial charge in [0.25, 0.3) is 10.1 Å². The molecule has 0 fully saturated rings. The molecular formula is C18H24O3SSi. The Hall–Kier alpha value is -1.43. The van der Waals surface area contributed by atoms with Crippen LogP contribution in [-0.4, -0.2) is 22.5 Å². The van der Waals surface area contributed by atoms with E-state index in [0.29, 0.717) is 0 Å². The summed E-state index contributed by atoms with van der Waals surface area (Å²) in [7, 11) is -5.07. The normalized spacial score (nSPS) is 12.9. The van der Waals surface area contributed by atoms with Gasteiger partial charge in [-0.15, -0.1) is 0 Å². The van der Waals surface area contributed by atoms with Gasteiger partial charge in [-0.05, 0) is 40.3 Å². The van der Waals surface area contributed by atoms with E-state index in [1.165, 1.54) is 5.56 Å². The van der Waals surface area contributed by atoms with Crippen LogP contribution in [0.15, 0.2) is 53.4 Å². The van der Waals surface area contributed by atoms with E-state index in [1.807, 2.05) is 31.2 Å². The Kier molecular flexibility index (Phi) is 5.44. The molecule has 3 nitrogen and oxygen atoms in total. The van der Waals surface area contributed by atoms with Gasteiger partial charge in [0.2, 0.25) is 0 Å². The van der Waals surface area contributed by atoms with E-state index in [1.54, 1.807) is 12.1 Å². The monoisotopic (exact) mass is 348 g/mol. The van der Waals surface area contributed by atoms with E-state index in [4.69, 9.17) is 0 Å². The minimum absolute atomic E-state index is 0.0210. The Balaban J connectivity index is 2.33. The minimum atomic E-state index is -4.17. The van der Waals surface area contributed by atoms with Crippen molar-refractivity contribution in [2.24, 2.45) is 0 Å². The zero-order valence-electron chi connectivity index (χ0n) is 13.9. The van der Waals surface area contributed by atoms with E-state index >= 15 is 0 Å². The minimum Gasteiger partial charge on any atom is -0.282 e. The second kappa shape index (κ2) is 6.99. The molecule has 0 aromatic heterocycles. The summed E-state index contributed by atoms with van der Waals surface area (Å²) in [4.78, 5) is 0.0857. The molecule has 0 bridgehead atoms. The molecule has 0 saturated heterocycles. The van der Waals surface area contributed by atoms with Crippen LogP contribution in [0.4, 0.5) is 0 Å². The molecule has 2 aromatic rings. The molecule has 0 heterocycles. The molecule has 0 aliphatic rings. The first-order chi connectivity index (χ1) is 10.7. The largest absolute Gasteiger partial charge is 0.294 e. The fraction of sp³-hybridized carbons (Fsp3) is 0.333. The molecule has 23 heavy (non-hydrogen) atoms. The van der Waals surface area contributed by atoms with Gasteiger partial charge in [0.05, 0.1) is 14.4 Å². The van der Waals surface area contributed by atoms with Crippen molar-refractivity contribution >= 4 is 24.8 Å². The van der Waals surface area contributed by atoms with E-state index in [2.05, 4.69) is 26.0 Å². The zero-order valence-corrected chi connectivity index (χ0v) is 16.1. The van der Waals surface area contributed by atoms with Crippen molar-refractivity contribution in [1.29, 1.82) is 0 Å². The fourth-order valence-corrected chi connectivity index (χ4v) is 6.46. The van der Waals surface area contributed by atoms with Crippen LogP contribution >= 0.6 is 0 Å². The Morgan fingerprint density at radius 1 is 1.04 bits per heavy atom. The lowest BCUT2D eigenvalue weighted by atomic mass is 10.0. The Morgan fingerprint density at radius 2 is 1.70 bits per heavy atom. The molecule has 5 heteroatoms. The van der Waals surface area contributed by atoms with Crippen molar-refractivity contribution in [3.8, 4) is 0 Å². The van der Waals surface area contributed by atoms with Gasteiger partial charge in [-0.1, -0.05) is 63.2 Å². The Bertz CT molecular complexity index is 768. The second-order valence-electron chi connectivity index (χ2n) is 6.77. The topological polar surface area (TPSA) is 54.4 Å². The maximum Gasteiger partial charge on any atom is 0.294 e. The Morgan fingerprint density at radius 3 is 2.26 bits per heavy atom. The van der Waals surface area contributed by atoms with Gasteiger partial charge in [-0.2, -0.15) is 8.42 Å². The lowest BCUT2D eigenvalue weighted by Gasteiger charge is -2.25. The van der Waals surface area contributed by atoms with Crippen molar-refractivity contribution < 1.29 is 13.0 Å². The predicted molar refractivity (Wildman–Crippen MR) is 98.0 cm³/mol. The summed E-state index contributed by atoms with van der Waals surface area (Å²) in [5, 5.41) is 0.848. The fourth-order valence-electron chi connectivity index (χ4n) is 2.97. The summed E-state index contributed by atoms with van der Waals surface area (Å²) in [5.74, 6) is 0. The molecule has 124 valence electrons. The first kappa shape index (κ1) is 17.9. The van der Waals surface area contributed by atoms with E-state index in [9.17, 15) is 13.0 Å². The second-order valence-corrected chi connectivity index (χ2v) is 11.2. The summed E-state index contributed by atoms with van der Waals surface area (Å²) < 4.78 is 32.9. The molecule has 0 aliphatic heterocycles. The predicted octanol–water partition coefficient (Wildman–Crippen LogP) is 2.73. The van der Waals surface area contributed by atoms with Crippen LogP contribution < -0.4 is 5.19 Å². The van der Waals surface area contributed by atoms with Gasteiger partial charge in [-0.3, -0.25) is 4.55 Å². The van der Waals surface area contributed by atoms with Crippen molar-refractivity contribution in [3.05, 3.63) is 59.7 Å². The van der Waals surface area contributed by atoms with Crippen LogP contribution in [0.5, 0.6) is 0 Å². The third-order valence-corrected chi connectivity index (χ3v) is 7.39. The van der Waals surface area contributed by atoms with Crippen LogP contribution in [0.1, 0.15) is 31.9 Å². The van der Waals surface area contributed by atoms with Gasteiger partial charge in [0.1, 0.15) is 0 Å². The molecule has 0 spiro atoms. The SMILES string of the molecule is CCc1ccc(S(=O)(=O)O)c([SiH2]C(C)(C)Cc2ccccc2)c1. The van der Waals surface area contributed by atoms with E-state index < -0.39 is 19.6 Å². The molecule has 2 aromatic carbocycles. The van der Waals surface area contributed by atoms with Crippen LogP contribution in [0.3, 0.4) is 0 Å². The van der Waals surface area contributed by atoms with E-state index in [0.717, 1.165) is 23.6 Å². The van der Waals surface area contributed by atoms with Crippen LogP contribution in [0, 0.1) is 0 Å². The number of rotatable bonds is 6. The van der Waals surface area contributed by atoms with Gasteiger partial charge in [0, 0.05) is 0 Å². The molecule has 0 aliphatic carbocycles. The molecule has 0 unspecified atom stereocenters. The number of hydrogen-bond donors (Lipinski definition) is 1. The standard InChI is InChI=1S/C18H24O3SSi/c1-4-14-10-11-16(22(19,20)21)17(12-14)23-18(2,3)13-15-8-6-5-7-9-15/h5-12H,4,13,23H2,1-3H3,(H,19,20,21). The van der Waals surface area contributed by atoms with Crippen molar-refractivity contribution in [2.75, 3.05) is 0 Å². The molecule has 2 rings (SSSR count). The summed E-state index contributed by atoms with van der Waals surface area (Å²) in [6, 6.07) is 15.5. The number of aryl methyl sites for hydroxylation is 1. The molecular weight excluding hydrogens is 324 g/mol.